The molecule has 1 heterocycles. The molecule has 0 unspecified atom stereocenters. The van der Waals surface area contributed by atoms with Crippen LogP contribution in [0.5, 0.6) is 0 Å². The van der Waals surface area contributed by atoms with E-state index in [0.717, 1.165) is 51.4 Å². The number of hydrogen-bond acceptors (Lipinski definition) is 8. The van der Waals surface area contributed by atoms with Crippen molar-refractivity contribution in [1.82, 2.24) is 31.2 Å². The zero-order chi connectivity index (χ0) is 33.5. The van der Waals surface area contributed by atoms with E-state index >= 15 is 0 Å². The van der Waals surface area contributed by atoms with Crippen molar-refractivity contribution in [3.63, 3.8) is 0 Å². The molecule has 0 aliphatic heterocycles. The summed E-state index contributed by atoms with van der Waals surface area (Å²) in [7, 11) is 0. The first-order valence-electron chi connectivity index (χ1n) is 17.1. The number of carbonyl (C=O) groups excluding carboxylic acids is 3. The smallest absolute Gasteiger partial charge is 0.407 e. The summed E-state index contributed by atoms with van der Waals surface area (Å²) in [6.07, 6.45) is 14.7. The second kappa shape index (κ2) is 29.0. The maximum Gasteiger partial charge on any atom is 0.407 e. The number of carbonyl (C=O) groups is 3. The van der Waals surface area contributed by atoms with Crippen LogP contribution in [0.15, 0.2) is 10.9 Å². The van der Waals surface area contributed by atoms with Gasteiger partial charge in [0.1, 0.15) is 6.61 Å². The number of aryl methyl sites for hydroxylation is 1. The number of amides is 5. The normalized spacial score (nSPS) is 10.7. The molecule has 0 atom stereocenters. The topological polar surface area (TPSA) is 185 Å². The van der Waals surface area contributed by atoms with Crippen molar-refractivity contribution in [2.45, 2.75) is 104 Å². The lowest BCUT2D eigenvalue weighted by Crippen LogP contribution is -2.36. The zero-order valence-corrected chi connectivity index (χ0v) is 28.1. The Balaban J connectivity index is 1.77. The summed E-state index contributed by atoms with van der Waals surface area (Å²) in [5.41, 5.74) is 0.218. The van der Waals surface area contributed by atoms with Crippen LogP contribution in [0.1, 0.15) is 103 Å². The maximum atomic E-state index is 11.9. The SMILES string of the molecule is CCOCCOCCOC(=O)NCCCCCCCCCCCCNC(=O)NCCCCCCNC(=O)Nc1nc(C)cc(=O)[nH]1. The van der Waals surface area contributed by atoms with E-state index in [1.807, 2.05) is 6.92 Å². The van der Waals surface area contributed by atoms with E-state index in [-0.39, 0.29) is 30.2 Å². The van der Waals surface area contributed by atoms with Gasteiger partial charge in [0.2, 0.25) is 5.95 Å². The predicted molar refractivity (Wildman–Crippen MR) is 179 cm³/mol. The van der Waals surface area contributed by atoms with Crippen molar-refractivity contribution >= 4 is 24.1 Å². The van der Waals surface area contributed by atoms with E-state index in [1.54, 1.807) is 6.92 Å². The molecule has 0 aliphatic carbocycles. The quantitative estimate of drug-likeness (QED) is 0.0701. The minimum atomic E-state index is -0.408. The number of anilines is 1. The summed E-state index contributed by atoms with van der Waals surface area (Å²) < 4.78 is 15.5. The molecule has 6 N–H and O–H groups in total. The minimum absolute atomic E-state index is 0.119. The third-order valence-corrected chi connectivity index (χ3v) is 6.97. The summed E-state index contributed by atoms with van der Waals surface area (Å²) in [4.78, 5) is 53.4. The van der Waals surface area contributed by atoms with E-state index in [0.29, 0.717) is 58.3 Å². The first kappa shape index (κ1) is 40.6. The Bertz CT molecular complexity index is 994. The zero-order valence-electron chi connectivity index (χ0n) is 28.1. The largest absolute Gasteiger partial charge is 0.447 e. The van der Waals surface area contributed by atoms with Gasteiger partial charge in [-0.2, -0.15) is 0 Å². The highest BCUT2D eigenvalue weighted by Crippen LogP contribution is 2.10. The Hall–Kier alpha value is -3.39. The Morgan fingerprint density at radius 2 is 1.11 bits per heavy atom. The number of alkyl carbamates (subject to hydrolysis) is 1. The molecule has 0 radical (unpaired) electrons. The molecule has 0 aliphatic rings. The van der Waals surface area contributed by atoms with E-state index < -0.39 is 6.03 Å². The van der Waals surface area contributed by atoms with Gasteiger partial charge in [-0.05, 0) is 39.5 Å². The molecule has 14 heteroatoms. The fraction of sp³-hybridized carbons (Fsp3) is 0.781. The number of aromatic amines is 1. The molecule has 0 fully saturated rings. The van der Waals surface area contributed by atoms with Crippen LogP contribution in [0.2, 0.25) is 0 Å². The maximum absolute atomic E-state index is 11.9. The van der Waals surface area contributed by atoms with Gasteiger partial charge < -0.3 is 35.5 Å². The number of urea groups is 2. The molecule has 1 aromatic heterocycles. The van der Waals surface area contributed by atoms with Gasteiger partial charge in [-0.25, -0.2) is 19.4 Å². The number of ether oxygens (including phenoxy) is 3. The van der Waals surface area contributed by atoms with Crippen LogP contribution in [0.4, 0.5) is 20.3 Å². The summed E-state index contributed by atoms with van der Waals surface area (Å²) in [6, 6.07) is 0.828. The number of unbranched alkanes of at least 4 members (excludes halogenated alkanes) is 12. The molecule has 0 aromatic carbocycles. The summed E-state index contributed by atoms with van der Waals surface area (Å²) in [5.74, 6) is 0.126. The highest BCUT2D eigenvalue weighted by atomic mass is 16.6. The Morgan fingerprint density at radius 3 is 1.63 bits per heavy atom. The molecular weight excluding hydrogens is 594 g/mol. The highest BCUT2D eigenvalue weighted by molar-refractivity contribution is 5.87. The molecule has 1 aromatic rings. The minimum Gasteiger partial charge on any atom is -0.447 e. The third-order valence-electron chi connectivity index (χ3n) is 6.97. The molecule has 0 bridgehead atoms. The van der Waals surface area contributed by atoms with E-state index in [4.69, 9.17) is 14.2 Å². The van der Waals surface area contributed by atoms with Crippen LogP contribution in [-0.2, 0) is 14.2 Å². The van der Waals surface area contributed by atoms with Gasteiger partial charge in [0.25, 0.3) is 5.56 Å². The second-order valence-corrected chi connectivity index (χ2v) is 11.1. The van der Waals surface area contributed by atoms with Crippen LogP contribution in [0, 0.1) is 6.92 Å². The number of H-pyrrole nitrogens is 1. The Kier molecular flexibility index (Phi) is 25.7. The van der Waals surface area contributed by atoms with Crippen molar-refractivity contribution < 1.29 is 28.6 Å². The molecule has 0 saturated heterocycles. The average Bonchev–Trinajstić information content (AvgIpc) is 3.01. The second-order valence-electron chi connectivity index (χ2n) is 11.1. The number of hydrogen-bond donors (Lipinski definition) is 6. The summed E-state index contributed by atoms with van der Waals surface area (Å²) in [5, 5.41) is 13.8. The van der Waals surface area contributed by atoms with E-state index in [9.17, 15) is 19.2 Å². The van der Waals surface area contributed by atoms with Crippen LogP contribution in [0.3, 0.4) is 0 Å². The van der Waals surface area contributed by atoms with E-state index in [2.05, 4.69) is 36.6 Å². The standard InChI is InChI=1S/C32H59N7O7/c1-3-44-22-23-45-24-25-46-32(43)36-21-17-11-9-7-5-4-6-8-10-14-18-33-30(41)34-19-15-12-13-16-20-35-31(42)39-29-37-27(2)26-28(40)38-29/h26H,3-25H2,1-2H3,(H,36,43)(H2,33,34,41)(H3,35,37,38,39,40,42). The average molecular weight is 654 g/mol. The van der Waals surface area contributed by atoms with Crippen molar-refractivity contribution in [2.75, 3.05) is 64.5 Å². The van der Waals surface area contributed by atoms with Gasteiger partial charge in [0, 0.05) is 44.5 Å². The van der Waals surface area contributed by atoms with Crippen LogP contribution >= 0.6 is 0 Å². The summed E-state index contributed by atoms with van der Waals surface area (Å²) in [6.45, 7) is 8.45. The van der Waals surface area contributed by atoms with Crippen molar-refractivity contribution in [3.8, 4) is 0 Å². The molecule has 46 heavy (non-hydrogen) atoms. The highest BCUT2D eigenvalue weighted by Gasteiger charge is 2.05. The van der Waals surface area contributed by atoms with Gasteiger partial charge in [0.05, 0.1) is 19.8 Å². The first-order chi connectivity index (χ1) is 22.4. The number of aromatic nitrogens is 2. The molecule has 264 valence electrons. The molecule has 1 rings (SSSR count). The lowest BCUT2D eigenvalue weighted by molar-refractivity contribution is 0.0314. The molecular formula is C32H59N7O7. The summed E-state index contributed by atoms with van der Waals surface area (Å²) >= 11 is 0. The number of rotatable bonds is 28. The van der Waals surface area contributed by atoms with Gasteiger partial charge in [0.15, 0.2) is 0 Å². The van der Waals surface area contributed by atoms with Gasteiger partial charge >= 0.3 is 18.2 Å². The van der Waals surface area contributed by atoms with Crippen molar-refractivity contribution in [1.29, 1.82) is 0 Å². The molecule has 14 nitrogen and oxygen atoms in total. The lowest BCUT2D eigenvalue weighted by atomic mass is 10.1. The number of nitrogens with one attached hydrogen (secondary N) is 6. The fourth-order valence-electron chi connectivity index (χ4n) is 4.53. The monoisotopic (exact) mass is 653 g/mol. The van der Waals surface area contributed by atoms with Crippen LogP contribution < -0.4 is 32.1 Å². The van der Waals surface area contributed by atoms with Crippen molar-refractivity contribution in [2.24, 2.45) is 0 Å². The molecule has 0 spiro atoms. The molecule has 0 saturated carbocycles. The number of nitrogens with zero attached hydrogens (tertiary/aromatic N) is 1. The lowest BCUT2D eigenvalue weighted by Gasteiger charge is -2.08. The van der Waals surface area contributed by atoms with Crippen LogP contribution in [0.25, 0.3) is 0 Å². The Labute approximate surface area is 274 Å². The third kappa shape index (κ3) is 25.9. The van der Waals surface area contributed by atoms with Crippen molar-refractivity contribution in [3.05, 3.63) is 22.1 Å². The van der Waals surface area contributed by atoms with Gasteiger partial charge in [-0.1, -0.05) is 64.2 Å². The first-order valence-corrected chi connectivity index (χ1v) is 17.1. The van der Waals surface area contributed by atoms with Gasteiger partial charge in [-0.3, -0.25) is 15.1 Å². The predicted octanol–water partition coefficient (Wildman–Crippen LogP) is 4.74. The van der Waals surface area contributed by atoms with Crippen LogP contribution in [-0.4, -0.2) is 87.3 Å². The Morgan fingerprint density at radius 1 is 0.652 bits per heavy atom. The fourth-order valence-corrected chi connectivity index (χ4v) is 4.53. The van der Waals surface area contributed by atoms with Gasteiger partial charge in [-0.15, -0.1) is 0 Å². The van der Waals surface area contributed by atoms with E-state index in [1.165, 1.54) is 44.6 Å². The molecule has 5 amide bonds.